The first kappa shape index (κ1) is 12.6. The van der Waals surface area contributed by atoms with E-state index in [2.05, 4.69) is 5.32 Å². The lowest BCUT2D eigenvalue weighted by Gasteiger charge is -2.08. The van der Waals surface area contributed by atoms with Crippen molar-refractivity contribution in [2.45, 2.75) is 32.0 Å². The predicted molar refractivity (Wildman–Crippen MR) is 74.9 cm³/mol. The van der Waals surface area contributed by atoms with Gasteiger partial charge in [0.1, 0.15) is 18.2 Å². The third kappa shape index (κ3) is 3.78. The summed E-state index contributed by atoms with van der Waals surface area (Å²) in [5.41, 5.74) is 2.05. The molecule has 1 fully saturated rings. The molecule has 0 spiro atoms. The lowest BCUT2D eigenvalue weighted by molar-refractivity contribution is 0.304. The summed E-state index contributed by atoms with van der Waals surface area (Å²) in [6, 6.07) is 7.54. The van der Waals surface area contributed by atoms with Crippen LogP contribution in [0.2, 0.25) is 0 Å². The van der Waals surface area contributed by atoms with Crippen LogP contribution in [0.15, 0.2) is 35.0 Å². The first-order valence-corrected chi connectivity index (χ1v) is 7.40. The molecule has 0 unspecified atom stereocenters. The summed E-state index contributed by atoms with van der Waals surface area (Å²) in [5, 5.41) is 7.42. The Kier molecular flexibility index (Phi) is 3.80. The first-order valence-electron chi connectivity index (χ1n) is 6.46. The number of hydrogen-bond acceptors (Lipinski definition) is 3. The van der Waals surface area contributed by atoms with Crippen molar-refractivity contribution >= 4 is 11.3 Å². The van der Waals surface area contributed by atoms with E-state index in [1.165, 1.54) is 18.9 Å². The minimum absolute atomic E-state index is 0.240. The molecule has 0 atom stereocenters. The molecule has 2 aromatic rings. The summed E-state index contributed by atoms with van der Waals surface area (Å²) in [6.45, 7) is 1.19. The minimum atomic E-state index is -0.240. The maximum absolute atomic E-state index is 13.5. The Hall–Kier alpha value is -1.39. The highest BCUT2D eigenvalue weighted by molar-refractivity contribution is 7.07. The third-order valence-corrected chi connectivity index (χ3v) is 3.82. The minimum Gasteiger partial charge on any atom is -0.489 e. The average Bonchev–Trinajstić information content (AvgIpc) is 3.08. The van der Waals surface area contributed by atoms with E-state index >= 15 is 0 Å². The molecular formula is C15H16FNOS. The Bertz CT molecular complexity index is 537. The van der Waals surface area contributed by atoms with Gasteiger partial charge in [0.25, 0.3) is 0 Å². The number of halogens is 1. The van der Waals surface area contributed by atoms with Gasteiger partial charge in [-0.05, 0) is 52.9 Å². The Morgan fingerprint density at radius 1 is 1.26 bits per heavy atom. The lowest BCUT2D eigenvalue weighted by atomic mass is 10.2. The molecule has 1 aliphatic rings. The van der Waals surface area contributed by atoms with Crippen LogP contribution in [-0.2, 0) is 13.2 Å². The molecule has 1 aliphatic carbocycles. The molecule has 0 radical (unpaired) electrons. The monoisotopic (exact) mass is 277 g/mol. The average molecular weight is 277 g/mol. The van der Waals surface area contributed by atoms with Crippen molar-refractivity contribution in [1.29, 1.82) is 0 Å². The zero-order valence-corrected chi connectivity index (χ0v) is 11.4. The standard InChI is InChI=1S/C15H16FNOS/c16-13-5-12(8-17-14-1-2-14)6-15(7-13)18-9-11-3-4-19-10-11/h3-7,10,14,17H,1-2,8-9H2. The molecule has 1 aromatic heterocycles. The van der Waals surface area contributed by atoms with Crippen molar-refractivity contribution in [3.63, 3.8) is 0 Å². The van der Waals surface area contributed by atoms with Crippen molar-refractivity contribution in [1.82, 2.24) is 5.32 Å². The Morgan fingerprint density at radius 2 is 2.16 bits per heavy atom. The molecule has 3 rings (SSSR count). The van der Waals surface area contributed by atoms with Gasteiger partial charge in [-0.15, -0.1) is 0 Å². The van der Waals surface area contributed by atoms with Crippen molar-refractivity contribution < 1.29 is 9.13 Å². The fourth-order valence-electron chi connectivity index (χ4n) is 1.90. The van der Waals surface area contributed by atoms with E-state index in [0.717, 1.165) is 11.1 Å². The molecule has 1 heterocycles. The van der Waals surface area contributed by atoms with E-state index in [1.807, 2.05) is 22.9 Å². The van der Waals surface area contributed by atoms with Crippen LogP contribution in [0.3, 0.4) is 0 Å². The zero-order chi connectivity index (χ0) is 13.1. The number of rotatable bonds is 6. The van der Waals surface area contributed by atoms with Gasteiger partial charge in [-0.1, -0.05) is 0 Å². The SMILES string of the molecule is Fc1cc(CNC2CC2)cc(OCc2ccsc2)c1. The number of benzene rings is 1. The predicted octanol–water partition coefficient (Wildman–Crippen LogP) is 3.72. The topological polar surface area (TPSA) is 21.3 Å². The van der Waals surface area contributed by atoms with Crippen LogP contribution in [0.25, 0.3) is 0 Å². The summed E-state index contributed by atoms with van der Waals surface area (Å²) in [7, 11) is 0. The Balaban J connectivity index is 1.62. The van der Waals surface area contributed by atoms with Crippen LogP contribution < -0.4 is 10.1 Å². The van der Waals surface area contributed by atoms with Crippen LogP contribution in [0.1, 0.15) is 24.0 Å². The van der Waals surface area contributed by atoms with Gasteiger partial charge < -0.3 is 10.1 Å². The normalized spacial score (nSPS) is 14.6. The van der Waals surface area contributed by atoms with Crippen molar-refractivity contribution in [2.75, 3.05) is 0 Å². The highest BCUT2D eigenvalue weighted by Gasteiger charge is 2.20. The van der Waals surface area contributed by atoms with E-state index in [-0.39, 0.29) is 5.82 Å². The van der Waals surface area contributed by atoms with Gasteiger partial charge >= 0.3 is 0 Å². The Labute approximate surface area is 116 Å². The molecule has 4 heteroatoms. The fourth-order valence-corrected chi connectivity index (χ4v) is 2.55. The van der Waals surface area contributed by atoms with Gasteiger partial charge in [0.05, 0.1) is 0 Å². The number of hydrogen-bond donors (Lipinski definition) is 1. The summed E-state index contributed by atoms with van der Waals surface area (Å²) in [6.07, 6.45) is 2.47. The smallest absolute Gasteiger partial charge is 0.127 e. The molecule has 0 saturated heterocycles. The van der Waals surface area contributed by atoms with Gasteiger partial charge in [-0.25, -0.2) is 4.39 Å². The van der Waals surface area contributed by atoms with Gasteiger partial charge in [0.15, 0.2) is 0 Å². The molecule has 0 aliphatic heterocycles. The third-order valence-electron chi connectivity index (χ3n) is 3.09. The first-order chi connectivity index (χ1) is 9.29. The second-order valence-corrected chi connectivity index (χ2v) is 5.65. The molecule has 0 amide bonds. The highest BCUT2D eigenvalue weighted by atomic mass is 32.1. The van der Waals surface area contributed by atoms with E-state index in [9.17, 15) is 4.39 Å². The number of nitrogens with one attached hydrogen (secondary N) is 1. The quantitative estimate of drug-likeness (QED) is 0.869. The van der Waals surface area contributed by atoms with Crippen LogP contribution in [0.5, 0.6) is 5.75 Å². The molecule has 0 bridgehead atoms. The summed E-state index contributed by atoms with van der Waals surface area (Å²) in [5.74, 6) is 0.356. The van der Waals surface area contributed by atoms with E-state index < -0.39 is 0 Å². The van der Waals surface area contributed by atoms with Crippen molar-refractivity contribution in [3.05, 3.63) is 52.0 Å². The highest BCUT2D eigenvalue weighted by Crippen LogP contribution is 2.22. The lowest BCUT2D eigenvalue weighted by Crippen LogP contribution is -2.15. The number of thiophene rings is 1. The van der Waals surface area contributed by atoms with Crippen LogP contribution in [0, 0.1) is 5.82 Å². The molecular weight excluding hydrogens is 261 g/mol. The number of ether oxygens (including phenoxy) is 1. The van der Waals surface area contributed by atoms with E-state index in [1.54, 1.807) is 17.4 Å². The molecule has 1 aromatic carbocycles. The molecule has 2 nitrogen and oxygen atoms in total. The fraction of sp³-hybridized carbons (Fsp3) is 0.333. The molecule has 19 heavy (non-hydrogen) atoms. The van der Waals surface area contributed by atoms with Gasteiger partial charge in [0, 0.05) is 18.7 Å². The maximum atomic E-state index is 13.5. The molecule has 1 N–H and O–H groups in total. The van der Waals surface area contributed by atoms with E-state index in [0.29, 0.717) is 24.9 Å². The second-order valence-electron chi connectivity index (χ2n) is 4.87. The van der Waals surface area contributed by atoms with Crippen LogP contribution >= 0.6 is 11.3 Å². The largest absolute Gasteiger partial charge is 0.489 e. The van der Waals surface area contributed by atoms with Crippen molar-refractivity contribution in [2.24, 2.45) is 0 Å². The van der Waals surface area contributed by atoms with Gasteiger partial charge in [0.2, 0.25) is 0 Å². The van der Waals surface area contributed by atoms with Crippen LogP contribution in [-0.4, -0.2) is 6.04 Å². The Morgan fingerprint density at radius 3 is 2.89 bits per heavy atom. The molecule has 1 saturated carbocycles. The summed E-state index contributed by atoms with van der Waals surface area (Å²) in [4.78, 5) is 0. The zero-order valence-electron chi connectivity index (χ0n) is 10.6. The van der Waals surface area contributed by atoms with Crippen LogP contribution in [0.4, 0.5) is 4.39 Å². The second kappa shape index (κ2) is 5.72. The summed E-state index contributed by atoms with van der Waals surface area (Å²) >= 11 is 1.64. The maximum Gasteiger partial charge on any atom is 0.127 e. The van der Waals surface area contributed by atoms with Gasteiger partial charge in [-0.3, -0.25) is 0 Å². The summed E-state index contributed by atoms with van der Waals surface area (Å²) < 4.78 is 19.2. The van der Waals surface area contributed by atoms with E-state index in [4.69, 9.17) is 4.74 Å². The van der Waals surface area contributed by atoms with Gasteiger partial charge in [-0.2, -0.15) is 11.3 Å². The van der Waals surface area contributed by atoms with Crippen molar-refractivity contribution in [3.8, 4) is 5.75 Å². The molecule has 100 valence electrons.